The van der Waals surface area contributed by atoms with Gasteiger partial charge >= 0.3 is 0 Å². The molecule has 0 saturated heterocycles. The summed E-state index contributed by atoms with van der Waals surface area (Å²) < 4.78 is 0. The summed E-state index contributed by atoms with van der Waals surface area (Å²) >= 11 is 0. The number of hydrogen-bond acceptors (Lipinski definition) is 2. The van der Waals surface area contributed by atoms with Gasteiger partial charge in [0.25, 0.3) is 0 Å². The van der Waals surface area contributed by atoms with Crippen LogP contribution in [0.3, 0.4) is 0 Å². The van der Waals surface area contributed by atoms with Crippen LogP contribution in [-0.4, -0.2) is 35.8 Å². The minimum Gasteiger partial charge on any atom is -0.354 e. The van der Waals surface area contributed by atoms with Crippen LogP contribution in [0.4, 0.5) is 0 Å². The van der Waals surface area contributed by atoms with Gasteiger partial charge in [0.1, 0.15) is 0 Å². The molecule has 0 unspecified atom stereocenters. The largest absolute Gasteiger partial charge is 0.354 e. The topological polar surface area (TPSA) is 49.4 Å². The molecule has 1 saturated carbocycles. The predicted molar refractivity (Wildman–Crippen MR) is 62.9 cm³/mol. The highest BCUT2D eigenvalue weighted by molar-refractivity contribution is 5.76. The fourth-order valence-electron chi connectivity index (χ4n) is 2.25. The molecule has 1 fully saturated rings. The highest BCUT2D eigenvalue weighted by Crippen LogP contribution is 2.23. The van der Waals surface area contributed by atoms with Crippen molar-refractivity contribution in [1.29, 1.82) is 0 Å². The van der Waals surface area contributed by atoms with Crippen LogP contribution < -0.4 is 5.32 Å². The smallest absolute Gasteiger partial charge is 0.219 e. The van der Waals surface area contributed by atoms with Gasteiger partial charge in [0, 0.05) is 32.5 Å². The summed E-state index contributed by atoms with van der Waals surface area (Å²) in [5.41, 5.74) is 0. The van der Waals surface area contributed by atoms with Crippen LogP contribution >= 0.6 is 0 Å². The monoisotopic (exact) mass is 226 g/mol. The Labute approximate surface area is 97.4 Å². The second-order valence-electron chi connectivity index (χ2n) is 4.35. The van der Waals surface area contributed by atoms with Gasteiger partial charge < -0.3 is 10.2 Å². The van der Waals surface area contributed by atoms with Crippen molar-refractivity contribution in [2.45, 2.75) is 52.0 Å². The van der Waals surface area contributed by atoms with Crippen molar-refractivity contribution in [3.63, 3.8) is 0 Å². The summed E-state index contributed by atoms with van der Waals surface area (Å²) in [5.74, 6) is 0.174. The van der Waals surface area contributed by atoms with Crippen molar-refractivity contribution in [3.05, 3.63) is 0 Å². The molecule has 1 rings (SSSR count). The molecule has 1 aliphatic rings. The Morgan fingerprint density at radius 2 is 1.94 bits per heavy atom. The second kappa shape index (κ2) is 6.51. The zero-order chi connectivity index (χ0) is 12.0. The normalized spacial score (nSPS) is 16.1. The highest BCUT2D eigenvalue weighted by Gasteiger charge is 2.23. The lowest BCUT2D eigenvalue weighted by Gasteiger charge is -2.27. The van der Waals surface area contributed by atoms with Crippen LogP contribution in [0, 0.1) is 0 Å². The van der Waals surface area contributed by atoms with Crippen molar-refractivity contribution in [1.82, 2.24) is 10.2 Å². The molecule has 0 aromatic rings. The summed E-state index contributed by atoms with van der Waals surface area (Å²) in [6.07, 6.45) is 5.16. The number of hydrogen-bond donors (Lipinski definition) is 1. The molecule has 0 aromatic heterocycles. The van der Waals surface area contributed by atoms with Crippen molar-refractivity contribution >= 4 is 11.8 Å². The first-order valence-corrected chi connectivity index (χ1v) is 6.19. The Balaban J connectivity index is 2.33. The van der Waals surface area contributed by atoms with Crippen molar-refractivity contribution in [2.75, 3.05) is 13.1 Å². The molecule has 0 bridgehead atoms. The molecule has 2 amide bonds. The number of carbonyl (C=O) groups excluding carboxylic acids is 2. The van der Waals surface area contributed by atoms with Gasteiger partial charge in [0.05, 0.1) is 0 Å². The second-order valence-corrected chi connectivity index (χ2v) is 4.35. The Hall–Kier alpha value is -1.06. The average Bonchev–Trinajstić information content (AvgIpc) is 2.76. The molecule has 4 heteroatoms. The molecule has 1 N–H and O–H groups in total. The van der Waals surface area contributed by atoms with Crippen molar-refractivity contribution in [3.8, 4) is 0 Å². The maximum Gasteiger partial charge on any atom is 0.219 e. The third-order valence-corrected chi connectivity index (χ3v) is 3.17. The fraction of sp³-hybridized carbons (Fsp3) is 0.833. The van der Waals surface area contributed by atoms with Crippen LogP contribution in [0.1, 0.15) is 46.0 Å². The Morgan fingerprint density at radius 1 is 1.31 bits per heavy atom. The minimum atomic E-state index is 0.0509. The molecule has 4 nitrogen and oxygen atoms in total. The Morgan fingerprint density at radius 3 is 2.44 bits per heavy atom. The van der Waals surface area contributed by atoms with Crippen LogP contribution in [-0.2, 0) is 9.59 Å². The molecule has 0 aromatic carbocycles. The van der Waals surface area contributed by atoms with Crippen LogP contribution in [0.2, 0.25) is 0 Å². The predicted octanol–water partition coefficient (Wildman–Crippen LogP) is 1.30. The van der Waals surface area contributed by atoms with Gasteiger partial charge in [-0.3, -0.25) is 9.59 Å². The first-order chi connectivity index (χ1) is 7.65. The van der Waals surface area contributed by atoms with Gasteiger partial charge in [-0.25, -0.2) is 0 Å². The Kier molecular flexibility index (Phi) is 5.29. The van der Waals surface area contributed by atoms with Gasteiger partial charge in [-0.15, -0.1) is 0 Å². The van der Waals surface area contributed by atoms with Crippen molar-refractivity contribution in [2.24, 2.45) is 0 Å². The van der Waals surface area contributed by atoms with Gasteiger partial charge in [-0.1, -0.05) is 19.8 Å². The van der Waals surface area contributed by atoms with E-state index in [0.29, 0.717) is 25.6 Å². The number of carbonyl (C=O) groups is 2. The summed E-state index contributed by atoms with van der Waals surface area (Å²) in [5, 5.41) is 2.81. The first kappa shape index (κ1) is 13.0. The molecular weight excluding hydrogens is 204 g/mol. The van der Waals surface area contributed by atoms with Crippen LogP contribution in [0.25, 0.3) is 0 Å². The third kappa shape index (κ3) is 3.83. The maximum absolute atomic E-state index is 11.5. The van der Waals surface area contributed by atoms with E-state index in [1.165, 1.54) is 12.8 Å². The zero-order valence-electron chi connectivity index (χ0n) is 10.3. The van der Waals surface area contributed by atoms with E-state index in [-0.39, 0.29) is 11.8 Å². The van der Waals surface area contributed by atoms with Gasteiger partial charge in [-0.05, 0) is 12.8 Å². The van der Waals surface area contributed by atoms with E-state index < -0.39 is 0 Å². The van der Waals surface area contributed by atoms with E-state index in [4.69, 9.17) is 0 Å². The summed E-state index contributed by atoms with van der Waals surface area (Å²) in [6, 6.07) is 0.399. The standard InChI is InChI=1S/C12H22N2O2/c1-3-12(16)13-8-9-14(10(2)15)11-6-4-5-7-11/h11H,3-9H2,1-2H3,(H,13,16). The minimum absolute atomic E-state index is 0.0509. The molecule has 0 heterocycles. The van der Waals surface area contributed by atoms with E-state index in [1.807, 2.05) is 11.8 Å². The van der Waals surface area contributed by atoms with E-state index in [9.17, 15) is 9.59 Å². The highest BCUT2D eigenvalue weighted by atomic mass is 16.2. The number of nitrogens with one attached hydrogen (secondary N) is 1. The number of rotatable bonds is 5. The summed E-state index contributed by atoms with van der Waals surface area (Å²) in [6.45, 7) is 4.66. The van der Waals surface area contributed by atoms with Gasteiger partial charge in [0.2, 0.25) is 11.8 Å². The fourth-order valence-corrected chi connectivity index (χ4v) is 2.25. The molecule has 16 heavy (non-hydrogen) atoms. The number of nitrogens with zero attached hydrogens (tertiary/aromatic N) is 1. The summed E-state index contributed by atoms with van der Waals surface area (Å²) in [7, 11) is 0. The molecule has 0 radical (unpaired) electrons. The molecule has 0 atom stereocenters. The lowest BCUT2D eigenvalue weighted by molar-refractivity contribution is -0.131. The van der Waals surface area contributed by atoms with E-state index in [0.717, 1.165) is 12.8 Å². The third-order valence-electron chi connectivity index (χ3n) is 3.17. The molecule has 0 aliphatic heterocycles. The van der Waals surface area contributed by atoms with E-state index in [2.05, 4.69) is 5.32 Å². The molecule has 92 valence electrons. The van der Waals surface area contributed by atoms with E-state index in [1.54, 1.807) is 6.92 Å². The quantitative estimate of drug-likeness (QED) is 0.768. The lowest BCUT2D eigenvalue weighted by atomic mass is 10.2. The van der Waals surface area contributed by atoms with Crippen LogP contribution in [0.15, 0.2) is 0 Å². The van der Waals surface area contributed by atoms with Gasteiger partial charge in [-0.2, -0.15) is 0 Å². The van der Waals surface area contributed by atoms with Crippen LogP contribution in [0.5, 0.6) is 0 Å². The molecular formula is C12H22N2O2. The molecule has 0 spiro atoms. The first-order valence-electron chi connectivity index (χ1n) is 6.19. The molecule has 1 aliphatic carbocycles. The lowest BCUT2D eigenvalue weighted by Crippen LogP contribution is -2.42. The van der Waals surface area contributed by atoms with Crippen molar-refractivity contribution < 1.29 is 9.59 Å². The summed E-state index contributed by atoms with van der Waals surface area (Å²) in [4.78, 5) is 24.5. The van der Waals surface area contributed by atoms with Gasteiger partial charge in [0.15, 0.2) is 0 Å². The zero-order valence-corrected chi connectivity index (χ0v) is 10.3. The SMILES string of the molecule is CCC(=O)NCCN(C(C)=O)C1CCCC1. The average molecular weight is 226 g/mol. The maximum atomic E-state index is 11.5. The number of amides is 2. The van der Waals surface area contributed by atoms with E-state index >= 15 is 0 Å². The Bertz CT molecular complexity index is 247.